The standard InChI is InChI=1S/C11H10BrN3O2/c12-7-1-2-9-6(4-16-5-17-9)11(7)8-3-10(13)15-14-8/h1-3H,4-5H2,(H3,13,14,15). The van der Waals surface area contributed by atoms with E-state index in [1.807, 2.05) is 12.1 Å². The molecule has 17 heavy (non-hydrogen) atoms. The number of anilines is 1. The van der Waals surface area contributed by atoms with Crippen LogP contribution in [0.3, 0.4) is 0 Å². The van der Waals surface area contributed by atoms with Crippen molar-refractivity contribution in [1.82, 2.24) is 10.2 Å². The van der Waals surface area contributed by atoms with Crippen molar-refractivity contribution in [3.8, 4) is 17.0 Å². The van der Waals surface area contributed by atoms with E-state index in [1.54, 1.807) is 6.07 Å². The van der Waals surface area contributed by atoms with Gasteiger partial charge in [-0.2, -0.15) is 5.10 Å². The van der Waals surface area contributed by atoms with Gasteiger partial charge in [0.25, 0.3) is 0 Å². The summed E-state index contributed by atoms with van der Waals surface area (Å²) in [5.74, 6) is 1.30. The smallest absolute Gasteiger partial charge is 0.189 e. The van der Waals surface area contributed by atoms with E-state index in [0.29, 0.717) is 19.2 Å². The van der Waals surface area contributed by atoms with Gasteiger partial charge in [-0.05, 0) is 12.1 Å². The lowest BCUT2D eigenvalue weighted by molar-refractivity contribution is -0.0160. The Morgan fingerprint density at radius 2 is 2.29 bits per heavy atom. The van der Waals surface area contributed by atoms with Gasteiger partial charge in [0.15, 0.2) is 6.79 Å². The number of ether oxygens (including phenoxy) is 2. The molecule has 5 nitrogen and oxygen atoms in total. The highest BCUT2D eigenvalue weighted by molar-refractivity contribution is 9.10. The van der Waals surface area contributed by atoms with Crippen LogP contribution in [0.4, 0.5) is 5.82 Å². The molecule has 1 aliphatic heterocycles. The van der Waals surface area contributed by atoms with Crippen LogP contribution in [0.15, 0.2) is 22.7 Å². The number of nitrogens with zero attached hydrogens (tertiary/aromatic N) is 1. The Bertz CT molecular complexity index is 568. The predicted octanol–water partition coefficient (Wildman–Crippen LogP) is 2.29. The molecule has 6 heteroatoms. The molecule has 0 radical (unpaired) electrons. The second-order valence-corrected chi connectivity index (χ2v) is 4.57. The van der Waals surface area contributed by atoms with E-state index in [2.05, 4.69) is 26.1 Å². The van der Waals surface area contributed by atoms with Gasteiger partial charge < -0.3 is 15.2 Å². The first-order valence-electron chi connectivity index (χ1n) is 5.09. The van der Waals surface area contributed by atoms with Gasteiger partial charge in [-0.25, -0.2) is 0 Å². The van der Waals surface area contributed by atoms with Gasteiger partial charge in [0.2, 0.25) is 0 Å². The summed E-state index contributed by atoms with van der Waals surface area (Å²) >= 11 is 3.52. The number of H-pyrrole nitrogens is 1. The molecule has 3 rings (SSSR count). The fraction of sp³-hybridized carbons (Fsp3) is 0.182. The highest BCUT2D eigenvalue weighted by atomic mass is 79.9. The van der Waals surface area contributed by atoms with Gasteiger partial charge >= 0.3 is 0 Å². The van der Waals surface area contributed by atoms with E-state index >= 15 is 0 Å². The second-order valence-electron chi connectivity index (χ2n) is 3.72. The van der Waals surface area contributed by atoms with E-state index in [-0.39, 0.29) is 0 Å². The highest BCUT2D eigenvalue weighted by Gasteiger charge is 2.19. The molecule has 88 valence electrons. The van der Waals surface area contributed by atoms with Gasteiger partial charge in [-0.1, -0.05) is 15.9 Å². The Morgan fingerprint density at radius 1 is 1.41 bits per heavy atom. The number of nitrogen functional groups attached to an aromatic ring is 1. The van der Waals surface area contributed by atoms with Gasteiger partial charge in [0.1, 0.15) is 11.6 Å². The molecule has 0 fully saturated rings. The zero-order chi connectivity index (χ0) is 11.8. The summed E-state index contributed by atoms with van der Waals surface area (Å²) in [6, 6.07) is 5.65. The fourth-order valence-corrected chi connectivity index (χ4v) is 2.47. The van der Waals surface area contributed by atoms with E-state index in [4.69, 9.17) is 15.2 Å². The maximum atomic E-state index is 5.62. The Hall–Kier alpha value is -1.53. The molecule has 2 heterocycles. The van der Waals surface area contributed by atoms with Crippen LogP contribution in [-0.2, 0) is 11.3 Å². The summed E-state index contributed by atoms with van der Waals surface area (Å²) in [4.78, 5) is 0. The van der Waals surface area contributed by atoms with Gasteiger partial charge in [-0.3, -0.25) is 5.10 Å². The molecule has 0 atom stereocenters. The van der Waals surface area contributed by atoms with Crippen molar-refractivity contribution in [2.24, 2.45) is 0 Å². The quantitative estimate of drug-likeness (QED) is 0.847. The lowest BCUT2D eigenvalue weighted by Crippen LogP contribution is -2.12. The van der Waals surface area contributed by atoms with Crippen molar-refractivity contribution in [2.75, 3.05) is 12.5 Å². The number of nitrogens with two attached hydrogens (primary N) is 1. The SMILES string of the molecule is Nc1cc(-c2c(Br)ccc3c2COCO3)[nH]n1. The van der Waals surface area contributed by atoms with Crippen LogP contribution in [0.2, 0.25) is 0 Å². The Labute approximate surface area is 106 Å². The Kier molecular flexibility index (Phi) is 2.53. The number of fused-ring (bicyclic) bond motifs is 1. The van der Waals surface area contributed by atoms with Crippen molar-refractivity contribution in [1.29, 1.82) is 0 Å². The Morgan fingerprint density at radius 3 is 3.06 bits per heavy atom. The van der Waals surface area contributed by atoms with E-state index in [0.717, 1.165) is 27.0 Å². The lowest BCUT2D eigenvalue weighted by Gasteiger charge is -2.20. The molecule has 2 aromatic rings. The summed E-state index contributed by atoms with van der Waals surface area (Å²) in [5, 5.41) is 6.83. The summed E-state index contributed by atoms with van der Waals surface area (Å²) in [6.45, 7) is 0.808. The van der Waals surface area contributed by atoms with Crippen LogP contribution in [0.1, 0.15) is 5.56 Å². The van der Waals surface area contributed by atoms with Crippen LogP contribution >= 0.6 is 15.9 Å². The van der Waals surface area contributed by atoms with Crippen LogP contribution in [0.5, 0.6) is 5.75 Å². The van der Waals surface area contributed by atoms with E-state index < -0.39 is 0 Å². The third kappa shape index (κ3) is 1.79. The van der Waals surface area contributed by atoms with Crippen LogP contribution in [0.25, 0.3) is 11.3 Å². The van der Waals surface area contributed by atoms with Crippen LogP contribution in [0, 0.1) is 0 Å². The van der Waals surface area contributed by atoms with Crippen molar-refractivity contribution in [2.45, 2.75) is 6.61 Å². The minimum Gasteiger partial charge on any atom is -0.467 e. The van der Waals surface area contributed by atoms with E-state index in [9.17, 15) is 0 Å². The molecule has 0 bridgehead atoms. The fourth-order valence-electron chi connectivity index (χ4n) is 1.88. The highest BCUT2D eigenvalue weighted by Crippen LogP contribution is 2.38. The lowest BCUT2D eigenvalue weighted by atomic mass is 10.0. The summed E-state index contributed by atoms with van der Waals surface area (Å²) in [7, 11) is 0. The predicted molar refractivity (Wildman–Crippen MR) is 66.4 cm³/mol. The summed E-state index contributed by atoms with van der Waals surface area (Å²) in [5.41, 5.74) is 8.44. The van der Waals surface area contributed by atoms with Crippen molar-refractivity contribution < 1.29 is 9.47 Å². The number of hydrogen-bond acceptors (Lipinski definition) is 4. The van der Waals surface area contributed by atoms with E-state index in [1.165, 1.54) is 0 Å². The number of rotatable bonds is 1. The maximum absolute atomic E-state index is 5.62. The molecule has 0 spiro atoms. The molecular formula is C11H10BrN3O2. The van der Waals surface area contributed by atoms with Crippen LogP contribution < -0.4 is 10.5 Å². The van der Waals surface area contributed by atoms with Gasteiger partial charge in [0, 0.05) is 21.7 Å². The third-order valence-corrected chi connectivity index (χ3v) is 3.29. The maximum Gasteiger partial charge on any atom is 0.189 e. The van der Waals surface area contributed by atoms with Crippen molar-refractivity contribution in [3.05, 3.63) is 28.2 Å². The number of nitrogens with one attached hydrogen (secondary N) is 1. The topological polar surface area (TPSA) is 73.2 Å². The van der Waals surface area contributed by atoms with Crippen molar-refractivity contribution >= 4 is 21.7 Å². The molecule has 1 aromatic heterocycles. The summed E-state index contributed by atoms with van der Waals surface area (Å²) < 4.78 is 11.7. The molecule has 3 N–H and O–H groups in total. The molecule has 0 amide bonds. The molecule has 0 unspecified atom stereocenters. The number of aromatic amines is 1. The minimum atomic E-state index is 0.291. The van der Waals surface area contributed by atoms with Gasteiger partial charge in [-0.15, -0.1) is 0 Å². The minimum absolute atomic E-state index is 0.291. The van der Waals surface area contributed by atoms with Gasteiger partial charge in [0.05, 0.1) is 12.3 Å². The molecule has 0 aliphatic carbocycles. The first kappa shape index (κ1) is 10.6. The average Bonchev–Trinajstić information content (AvgIpc) is 2.75. The molecule has 1 aliphatic rings. The summed E-state index contributed by atoms with van der Waals surface area (Å²) in [6.07, 6.45) is 0. The second kappa shape index (κ2) is 4.05. The normalized spacial score (nSPS) is 14.2. The first-order valence-corrected chi connectivity index (χ1v) is 5.88. The molecule has 0 saturated heterocycles. The molecular weight excluding hydrogens is 286 g/mol. The zero-order valence-electron chi connectivity index (χ0n) is 8.87. The van der Waals surface area contributed by atoms with Crippen LogP contribution in [-0.4, -0.2) is 17.0 Å². The Balaban J connectivity index is 2.20. The number of hydrogen-bond donors (Lipinski definition) is 2. The average molecular weight is 296 g/mol. The first-order chi connectivity index (χ1) is 8.25. The largest absolute Gasteiger partial charge is 0.467 e. The molecule has 1 aromatic carbocycles. The zero-order valence-corrected chi connectivity index (χ0v) is 10.5. The molecule has 0 saturated carbocycles. The number of halogens is 1. The third-order valence-electron chi connectivity index (χ3n) is 2.63. The monoisotopic (exact) mass is 295 g/mol. The number of benzene rings is 1. The van der Waals surface area contributed by atoms with Crippen molar-refractivity contribution in [3.63, 3.8) is 0 Å². The number of aromatic nitrogens is 2.